The van der Waals surface area contributed by atoms with Gasteiger partial charge in [0.2, 0.25) is 0 Å². The third-order valence-electron chi connectivity index (χ3n) is 17.1. The highest BCUT2D eigenvalue weighted by molar-refractivity contribution is 7.47. The third-order valence-corrected chi connectivity index (χ3v) is 19.0. The van der Waals surface area contributed by atoms with Crippen molar-refractivity contribution in [3.8, 4) is 0 Å². The summed E-state index contributed by atoms with van der Waals surface area (Å²) in [6, 6.07) is 0. The first-order valence-electron chi connectivity index (χ1n) is 38.8. The molecule has 0 aromatic carbocycles. The van der Waals surface area contributed by atoms with Crippen LogP contribution in [0.4, 0.5) is 0 Å². The molecule has 0 rings (SSSR count). The van der Waals surface area contributed by atoms with Crippen LogP contribution < -0.4 is 0 Å². The standard InChI is InChI=1S/C76H144O17P2/c1-7-9-11-13-15-17-19-20-21-22-30-36-42-48-54-60-75(80)92-72(65-87-74(79)59-53-47-41-35-29-24-23-27-32-38-44-50-56-68(3)4)67-91-95(84,85)89-63-70(77)62-88-94(82,83)90-66-71(64-86-73(78)58-52-46-40-34-26-18-16-14-12-10-8-2)93-76(81)61-55-49-43-37-31-25-28-33-39-45-51-57-69(5)6/h17,19-21,68-72,77H,7-16,18,22-67H2,1-6H3,(H,82,83)(H,84,85)/b19-17-,21-20-/t70-,71+,72+/m0/s1. The maximum absolute atomic E-state index is 13.1. The Hall–Kier alpha value is -2.46. The van der Waals surface area contributed by atoms with Crippen LogP contribution in [0.1, 0.15) is 369 Å². The minimum absolute atomic E-state index is 0.0851. The average molecular weight is 1390 g/mol. The van der Waals surface area contributed by atoms with Gasteiger partial charge in [-0.3, -0.25) is 37.3 Å². The molecular formula is C76H144O17P2. The molecule has 3 N–H and O–H groups in total. The second kappa shape index (κ2) is 67.4. The molecule has 19 heteroatoms. The number of aliphatic hydroxyl groups is 1. The van der Waals surface area contributed by atoms with Crippen molar-refractivity contribution in [3.63, 3.8) is 0 Å². The van der Waals surface area contributed by atoms with Crippen molar-refractivity contribution in [2.24, 2.45) is 11.8 Å². The lowest BCUT2D eigenvalue weighted by molar-refractivity contribution is -0.161. The Balaban J connectivity index is 5.30. The predicted molar refractivity (Wildman–Crippen MR) is 386 cm³/mol. The molecule has 0 amide bonds. The average Bonchev–Trinajstić information content (AvgIpc) is 1.64. The number of rotatable bonds is 73. The summed E-state index contributed by atoms with van der Waals surface area (Å²) in [4.78, 5) is 72.8. The Morgan fingerprint density at radius 2 is 0.568 bits per heavy atom. The highest BCUT2D eigenvalue weighted by Crippen LogP contribution is 2.45. The van der Waals surface area contributed by atoms with Gasteiger partial charge < -0.3 is 33.8 Å². The van der Waals surface area contributed by atoms with Crippen LogP contribution in [-0.2, 0) is 65.4 Å². The Kier molecular flexibility index (Phi) is 65.6. The number of aliphatic hydroxyl groups excluding tert-OH is 1. The Morgan fingerprint density at radius 3 is 0.863 bits per heavy atom. The lowest BCUT2D eigenvalue weighted by Crippen LogP contribution is -2.30. The number of hydrogen-bond donors (Lipinski definition) is 3. The second-order valence-corrected chi connectivity index (χ2v) is 30.6. The molecule has 0 aliphatic carbocycles. The monoisotopic (exact) mass is 1390 g/mol. The van der Waals surface area contributed by atoms with Gasteiger partial charge in [0, 0.05) is 25.7 Å². The van der Waals surface area contributed by atoms with Gasteiger partial charge in [0.15, 0.2) is 12.2 Å². The fraction of sp³-hybridized carbons (Fsp3) is 0.895. The summed E-state index contributed by atoms with van der Waals surface area (Å²) in [5, 5.41) is 10.6. The molecule has 0 bridgehead atoms. The molecular weight excluding hydrogens is 1250 g/mol. The largest absolute Gasteiger partial charge is 0.472 e. The van der Waals surface area contributed by atoms with Crippen LogP contribution >= 0.6 is 15.6 Å². The van der Waals surface area contributed by atoms with E-state index in [-0.39, 0.29) is 25.7 Å². The summed E-state index contributed by atoms with van der Waals surface area (Å²) in [5.74, 6) is -0.602. The predicted octanol–water partition coefficient (Wildman–Crippen LogP) is 21.9. The smallest absolute Gasteiger partial charge is 0.462 e. The van der Waals surface area contributed by atoms with Crippen molar-refractivity contribution in [1.29, 1.82) is 0 Å². The van der Waals surface area contributed by atoms with Gasteiger partial charge >= 0.3 is 39.5 Å². The fourth-order valence-electron chi connectivity index (χ4n) is 11.1. The Labute approximate surface area is 580 Å². The second-order valence-electron chi connectivity index (χ2n) is 27.7. The maximum Gasteiger partial charge on any atom is 0.472 e. The van der Waals surface area contributed by atoms with Gasteiger partial charge in [-0.05, 0) is 63.2 Å². The van der Waals surface area contributed by atoms with E-state index < -0.39 is 97.5 Å². The number of allylic oxidation sites excluding steroid dienone is 4. The summed E-state index contributed by atoms with van der Waals surface area (Å²) >= 11 is 0. The summed E-state index contributed by atoms with van der Waals surface area (Å²) in [7, 11) is -9.92. The molecule has 0 spiro atoms. The van der Waals surface area contributed by atoms with Gasteiger partial charge in [0.1, 0.15) is 19.3 Å². The molecule has 0 aliphatic rings. The first-order valence-corrected chi connectivity index (χ1v) is 41.8. The number of carbonyl (C=O) groups is 4. The van der Waals surface area contributed by atoms with Crippen molar-refractivity contribution in [1.82, 2.24) is 0 Å². The minimum Gasteiger partial charge on any atom is -0.462 e. The van der Waals surface area contributed by atoms with E-state index in [0.717, 1.165) is 115 Å². The number of phosphoric acid groups is 2. The summed E-state index contributed by atoms with van der Waals surface area (Å²) in [5.41, 5.74) is 0. The van der Waals surface area contributed by atoms with E-state index in [2.05, 4.69) is 65.8 Å². The van der Waals surface area contributed by atoms with E-state index in [1.807, 2.05) is 0 Å². The molecule has 0 aliphatic heterocycles. The molecule has 17 nitrogen and oxygen atoms in total. The van der Waals surface area contributed by atoms with Crippen LogP contribution in [0, 0.1) is 11.8 Å². The summed E-state index contributed by atoms with van der Waals surface area (Å²) < 4.78 is 68.5. The van der Waals surface area contributed by atoms with Crippen LogP contribution in [0.2, 0.25) is 0 Å². The van der Waals surface area contributed by atoms with Gasteiger partial charge in [0.25, 0.3) is 0 Å². The minimum atomic E-state index is -4.97. The van der Waals surface area contributed by atoms with Crippen molar-refractivity contribution >= 4 is 39.5 Å². The van der Waals surface area contributed by atoms with E-state index >= 15 is 0 Å². The first kappa shape index (κ1) is 92.5. The molecule has 5 atom stereocenters. The van der Waals surface area contributed by atoms with Crippen molar-refractivity contribution < 1.29 is 80.2 Å². The van der Waals surface area contributed by atoms with Gasteiger partial charge in [0.05, 0.1) is 26.4 Å². The molecule has 0 fully saturated rings. The first-order chi connectivity index (χ1) is 45.9. The highest BCUT2D eigenvalue weighted by atomic mass is 31.2. The Morgan fingerprint density at radius 1 is 0.326 bits per heavy atom. The third kappa shape index (κ3) is 69.8. The lowest BCUT2D eigenvalue weighted by Gasteiger charge is -2.21. The van der Waals surface area contributed by atoms with Crippen molar-refractivity contribution in [2.75, 3.05) is 39.6 Å². The van der Waals surface area contributed by atoms with E-state index in [1.54, 1.807) is 0 Å². The number of phosphoric ester groups is 2. The number of ether oxygens (including phenoxy) is 4. The normalized spacial score (nSPS) is 14.2. The molecule has 0 saturated carbocycles. The summed E-state index contributed by atoms with van der Waals surface area (Å²) in [6.45, 7) is 9.54. The van der Waals surface area contributed by atoms with Gasteiger partial charge in [-0.1, -0.05) is 316 Å². The molecule has 0 heterocycles. The highest BCUT2D eigenvalue weighted by Gasteiger charge is 2.30. The summed E-state index contributed by atoms with van der Waals surface area (Å²) in [6.07, 6.45) is 57.5. The zero-order chi connectivity index (χ0) is 70.0. The van der Waals surface area contributed by atoms with E-state index in [0.29, 0.717) is 25.7 Å². The number of hydrogen-bond acceptors (Lipinski definition) is 15. The van der Waals surface area contributed by atoms with E-state index in [4.69, 9.17) is 37.0 Å². The van der Waals surface area contributed by atoms with Crippen LogP contribution in [0.5, 0.6) is 0 Å². The Bertz CT molecular complexity index is 1930. The quantitative estimate of drug-likeness (QED) is 0.0169. The number of carbonyl (C=O) groups excluding carboxylic acids is 4. The molecule has 95 heavy (non-hydrogen) atoms. The van der Waals surface area contributed by atoms with Crippen LogP contribution in [0.15, 0.2) is 24.3 Å². The molecule has 2 unspecified atom stereocenters. The van der Waals surface area contributed by atoms with Crippen LogP contribution in [-0.4, -0.2) is 96.7 Å². The number of esters is 4. The molecule has 560 valence electrons. The SMILES string of the molecule is CCCCCC/C=C\C=C/CCCCCCCC(=O)O[C@H](COC(=O)CCCCCCCCCCCCCCC(C)C)COP(=O)(O)OC[C@@H](O)COP(=O)(O)OC[C@@H](COC(=O)CCCCCCCCCCCCC)OC(=O)CCCCCCCCCCCCCC(C)C. The zero-order valence-electron chi connectivity index (χ0n) is 61.5. The lowest BCUT2D eigenvalue weighted by atomic mass is 10.0. The van der Waals surface area contributed by atoms with Crippen molar-refractivity contribution in [3.05, 3.63) is 24.3 Å². The van der Waals surface area contributed by atoms with Crippen molar-refractivity contribution in [2.45, 2.75) is 387 Å². The molecule has 0 radical (unpaired) electrons. The van der Waals surface area contributed by atoms with E-state index in [9.17, 15) is 43.2 Å². The molecule has 0 aromatic heterocycles. The zero-order valence-corrected chi connectivity index (χ0v) is 63.2. The topological polar surface area (TPSA) is 237 Å². The molecule has 0 saturated heterocycles. The van der Waals surface area contributed by atoms with Crippen LogP contribution in [0.3, 0.4) is 0 Å². The van der Waals surface area contributed by atoms with Gasteiger partial charge in [-0.2, -0.15) is 0 Å². The van der Waals surface area contributed by atoms with Crippen LogP contribution in [0.25, 0.3) is 0 Å². The number of unbranched alkanes of at least 4 members (excludes halogenated alkanes) is 40. The molecule has 0 aromatic rings. The van der Waals surface area contributed by atoms with Gasteiger partial charge in [-0.15, -0.1) is 0 Å². The van der Waals surface area contributed by atoms with E-state index in [1.165, 1.54) is 173 Å². The maximum atomic E-state index is 13.1. The fourth-order valence-corrected chi connectivity index (χ4v) is 12.7. The van der Waals surface area contributed by atoms with Gasteiger partial charge in [-0.25, -0.2) is 9.13 Å².